The number of nitrogens with two attached hydrogens (primary N) is 1. The van der Waals surface area contributed by atoms with Crippen LogP contribution >= 0.6 is 0 Å². The Morgan fingerprint density at radius 1 is 1.30 bits per heavy atom. The van der Waals surface area contributed by atoms with Crippen LogP contribution in [-0.2, 0) is 16.6 Å². The molecule has 7 nitrogen and oxygen atoms in total. The van der Waals surface area contributed by atoms with Crippen LogP contribution in [0.15, 0.2) is 41.4 Å². The van der Waals surface area contributed by atoms with Crippen molar-refractivity contribution in [3.8, 4) is 0 Å². The highest BCUT2D eigenvalue weighted by Crippen LogP contribution is 2.23. The number of nitrogens with one attached hydrogen (secondary N) is 2. The van der Waals surface area contributed by atoms with E-state index in [0.29, 0.717) is 17.9 Å². The van der Waals surface area contributed by atoms with Gasteiger partial charge in [0.25, 0.3) is 0 Å². The number of rotatable bonds is 5. The molecule has 1 heterocycles. The second kappa shape index (κ2) is 5.85. The molecule has 1 aromatic heterocycles. The van der Waals surface area contributed by atoms with Gasteiger partial charge >= 0.3 is 0 Å². The first kappa shape index (κ1) is 14.2. The van der Waals surface area contributed by atoms with Gasteiger partial charge in [0, 0.05) is 6.20 Å². The van der Waals surface area contributed by atoms with Crippen molar-refractivity contribution in [2.24, 2.45) is 0 Å². The Balaban J connectivity index is 2.22. The van der Waals surface area contributed by atoms with Crippen molar-refractivity contribution in [3.05, 3.63) is 42.2 Å². The Morgan fingerprint density at radius 2 is 2.10 bits per heavy atom. The highest BCUT2D eigenvalue weighted by Gasteiger charge is 2.13. The van der Waals surface area contributed by atoms with Gasteiger partial charge in [-0.15, -0.1) is 0 Å². The van der Waals surface area contributed by atoms with Crippen LogP contribution in [0.4, 0.5) is 11.4 Å². The molecule has 0 fully saturated rings. The lowest BCUT2D eigenvalue weighted by Crippen LogP contribution is -2.19. The van der Waals surface area contributed by atoms with E-state index in [1.165, 1.54) is 19.2 Å². The highest BCUT2D eigenvalue weighted by atomic mass is 32.2. The summed E-state index contributed by atoms with van der Waals surface area (Å²) in [5.74, 6) is 0. The molecule has 0 aliphatic carbocycles. The van der Waals surface area contributed by atoms with Crippen LogP contribution in [0.25, 0.3) is 0 Å². The summed E-state index contributed by atoms with van der Waals surface area (Å²) in [7, 11) is -2.13. The van der Waals surface area contributed by atoms with Crippen molar-refractivity contribution >= 4 is 21.4 Å². The maximum Gasteiger partial charge on any atom is 0.240 e. The lowest BCUT2D eigenvalue weighted by Gasteiger charge is -2.11. The molecule has 1 aromatic carbocycles. The SMILES string of the molecule is CNS(=O)(=O)c1ccc(N)c(NCc2cccnn2)c1. The number of nitrogens with zero attached hydrogens (tertiary/aromatic N) is 2. The molecule has 2 rings (SSSR count). The average molecular weight is 293 g/mol. The zero-order valence-corrected chi connectivity index (χ0v) is 11.7. The summed E-state index contributed by atoms with van der Waals surface area (Å²) < 4.78 is 25.7. The zero-order chi connectivity index (χ0) is 14.6. The van der Waals surface area contributed by atoms with Crippen LogP contribution in [0.5, 0.6) is 0 Å². The second-order valence-corrected chi connectivity index (χ2v) is 5.91. The van der Waals surface area contributed by atoms with E-state index >= 15 is 0 Å². The summed E-state index contributed by atoms with van der Waals surface area (Å²) in [5.41, 5.74) is 7.55. The van der Waals surface area contributed by atoms with E-state index in [1.807, 2.05) is 6.07 Å². The Kier molecular flexibility index (Phi) is 4.16. The van der Waals surface area contributed by atoms with Crippen molar-refractivity contribution in [2.75, 3.05) is 18.1 Å². The summed E-state index contributed by atoms with van der Waals surface area (Å²) in [4.78, 5) is 0.149. The largest absolute Gasteiger partial charge is 0.397 e. The third-order valence-corrected chi connectivity index (χ3v) is 4.10. The molecule has 0 spiro atoms. The molecule has 0 aliphatic heterocycles. The minimum absolute atomic E-state index is 0.149. The summed E-state index contributed by atoms with van der Waals surface area (Å²) in [6.07, 6.45) is 1.58. The molecule has 0 atom stereocenters. The summed E-state index contributed by atoms with van der Waals surface area (Å²) in [6.45, 7) is 0.404. The minimum Gasteiger partial charge on any atom is -0.397 e. The molecule has 0 radical (unpaired) electrons. The predicted octanol–water partition coefficient (Wildman–Crippen LogP) is 0.579. The van der Waals surface area contributed by atoms with Crippen LogP contribution in [-0.4, -0.2) is 25.7 Å². The Labute approximate surface area is 117 Å². The molecular weight excluding hydrogens is 278 g/mol. The van der Waals surface area contributed by atoms with Crippen LogP contribution < -0.4 is 15.8 Å². The molecule has 2 aromatic rings. The predicted molar refractivity (Wildman–Crippen MR) is 76.5 cm³/mol. The molecule has 106 valence electrons. The molecule has 8 heteroatoms. The van der Waals surface area contributed by atoms with E-state index in [9.17, 15) is 8.42 Å². The van der Waals surface area contributed by atoms with Gasteiger partial charge in [-0.3, -0.25) is 0 Å². The lowest BCUT2D eigenvalue weighted by molar-refractivity contribution is 0.588. The quantitative estimate of drug-likeness (QED) is 0.696. The van der Waals surface area contributed by atoms with E-state index in [0.717, 1.165) is 5.69 Å². The first-order valence-corrected chi connectivity index (χ1v) is 7.35. The number of nitrogen functional groups attached to an aromatic ring is 1. The highest BCUT2D eigenvalue weighted by molar-refractivity contribution is 7.89. The number of hydrogen-bond donors (Lipinski definition) is 3. The fourth-order valence-corrected chi connectivity index (χ4v) is 2.34. The van der Waals surface area contributed by atoms with Gasteiger partial charge in [-0.1, -0.05) is 0 Å². The van der Waals surface area contributed by atoms with E-state index in [2.05, 4.69) is 20.2 Å². The molecular formula is C12H15N5O2S. The number of hydrogen-bond acceptors (Lipinski definition) is 6. The maximum atomic E-state index is 11.7. The molecule has 0 unspecified atom stereocenters. The van der Waals surface area contributed by atoms with E-state index in [4.69, 9.17) is 5.73 Å². The first-order valence-electron chi connectivity index (χ1n) is 5.86. The fourth-order valence-electron chi connectivity index (χ4n) is 1.59. The van der Waals surface area contributed by atoms with Gasteiger partial charge in [0.1, 0.15) is 0 Å². The number of sulfonamides is 1. The Bertz CT molecular complexity index is 688. The minimum atomic E-state index is -3.49. The van der Waals surface area contributed by atoms with E-state index < -0.39 is 10.0 Å². The standard InChI is InChI=1S/C12H15N5O2S/c1-14-20(18,19)10-4-5-11(13)12(7-10)15-8-9-3-2-6-16-17-9/h2-7,14-15H,8,13H2,1H3. The topological polar surface area (TPSA) is 110 Å². The molecule has 4 N–H and O–H groups in total. The maximum absolute atomic E-state index is 11.7. The average Bonchev–Trinajstić information content (AvgIpc) is 2.47. The number of aromatic nitrogens is 2. The van der Waals surface area contributed by atoms with Gasteiger partial charge in [-0.2, -0.15) is 10.2 Å². The lowest BCUT2D eigenvalue weighted by atomic mass is 10.2. The van der Waals surface area contributed by atoms with Gasteiger partial charge in [0.15, 0.2) is 0 Å². The van der Waals surface area contributed by atoms with Crippen molar-refractivity contribution in [2.45, 2.75) is 11.4 Å². The van der Waals surface area contributed by atoms with Crippen molar-refractivity contribution in [3.63, 3.8) is 0 Å². The summed E-state index contributed by atoms with van der Waals surface area (Å²) in [5, 5.41) is 10.7. The smallest absolute Gasteiger partial charge is 0.240 e. The van der Waals surface area contributed by atoms with Gasteiger partial charge in [-0.05, 0) is 37.4 Å². The number of anilines is 2. The second-order valence-electron chi connectivity index (χ2n) is 4.03. The Hall–Kier alpha value is -2.19. The normalized spacial score (nSPS) is 11.2. The molecule has 0 saturated heterocycles. The van der Waals surface area contributed by atoms with Crippen molar-refractivity contribution < 1.29 is 8.42 Å². The van der Waals surface area contributed by atoms with Crippen molar-refractivity contribution in [1.29, 1.82) is 0 Å². The third kappa shape index (κ3) is 3.22. The molecule has 0 aliphatic rings. The van der Waals surface area contributed by atoms with Crippen molar-refractivity contribution in [1.82, 2.24) is 14.9 Å². The van der Waals surface area contributed by atoms with E-state index in [-0.39, 0.29) is 4.90 Å². The summed E-state index contributed by atoms with van der Waals surface area (Å²) >= 11 is 0. The van der Waals surface area contributed by atoms with Crippen LogP contribution in [0.2, 0.25) is 0 Å². The fraction of sp³-hybridized carbons (Fsp3) is 0.167. The third-order valence-electron chi connectivity index (χ3n) is 2.69. The summed E-state index contributed by atoms with van der Waals surface area (Å²) in [6, 6.07) is 8.06. The van der Waals surface area contributed by atoms with E-state index in [1.54, 1.807) is 18.3 Å². The molecule has 0 bridgehead atoms. The molecule has 20 heavy (non-hydrogen) atoms. The van der Waals surface area contributed by atoms with Gasteiger partial charge in [-0.25, -0.2) is 13.1 Å². The van der Waals surface area contributed by atoms with Crippen LogP contribution in [0.1, 0.15) is 5.69 Å². The van der Waals surface area contributed by atoms with Crippen LogP contribution in [0, 0.1) is 0 Å². The zero-order valence-electron chi connectivity index (χ0n) is 10.9. The Morgan fingerprint density at radius 3 is 2.75 bits per heavy atom. The van der Waals surface area contributed by atoms with Crippen LogP contribution in [0.3, 0.4) is 0 Å². The first-order chi connectivity index (χ1) is 9.53. The monoisotopic (exact) mass is 293 g/mol. The van der Waals surface area contributed by atoms with Gasteiger partial charge in [0.05, 0.1) is 28.5 Å². The van der Waals surface area contributed by atoms with Gasteiger partial charge in [0.2, 0.25) is 10.0 Å². The molecule has 0 saturated carbocycles. The van der Waals surface area contributed by atoms with Gasteiger partial charge < -0.3 is 11.1 Å². The number of benzene rings is 1. The molecule has 0 amide bonds.